The van der Waals surface area contributed by atoms with Crippen LogP contribution in [0, 0.1) is 5.92 Å². The predicted octanol–water partition coefficient (Wildman–Crippen LogP) is 4.00. The summed E-state index contributed by atoms with van der Waals surface area (Å²) in [6, 6.07) is 15.3. The summed E-state index contributed by atoms with van der Waals surface area (Å²) in [4.78, 5) is 48.0. The number of nitrogens with one attached hydrogen (secondary N) is 3. The van der Waals surface area contributed by atoms with Crippen molar-refractivity contribution < 1.29 is 42.6 Å². The highest BCUT2D eigenvalue weighted by atomic mass is 31.2. The zero-order chi connectivity index (χ0) is 39.0. The summed E-state index contributed by atoms with van der Waals surface area (Å²) in [5.74, 6) is -2.71. The van der Waals surface area contributed by atoms with Gasteiger partial charge in [0.2, 0.25) is 11.8 Å². The maximum atomic E-state index is 14.4. The Morgan fingerprint density at radius 1 is 0.873 bits per heavy atom. The molecule has 0 spiro atoms. The molecule has 16 heteroatoms. The Morgan fingerprint density at radius 2 is 1.49 bits per heavy atom. The lowest BCUT2D eigenvalue weighted by atomic mass is 9.85. The molecular weight excluding hydrogens is 727 g/mol. The largest absolute Gasteiger partial charge is 0.379 e. The van der Waals surface area contributed by atoms with Crippen molar-refractivity contribution in [3.8, 4) is 0 Å². The number of carbonyl (C=O) groups excluding carboxylic acids is 3. The van der Waals surface area contributed by atoms with E-state index in [2.05, 4.69) is 20.9 Å². The molecule has 2 aliphatic rings. The maximum absolute atomic E-state index is 14.4. The predicted molar refractivity (Wildman–Crippen MR) is 205 cm³/mol. The van der Waals surface area contributed by atoms with Gasteiger partial charge in [-0.05, 0) is 23.5 Å². The normalized spacial score (nSPS) is 17.5. The summed E-state index contributed by atoms with van der Waals surface area (Å²) >= 11 is 0. The van der Waals surface area contributed by atoms with Crippen LogP contribution in [0.3, 0.4) is 0 Å². The first kappa shape index (κ1) is 42.0. The minimum atomic E-state index is -4.03. The molecule has 0 unspecified atom stereocenters. The van der Waals surface area contributed by atoms with Gasteiger partial charge in [-0.1, -0.05) is 92.8 Å². The van der Waals surface area contributed by atoms with Crippen LogP contribution in [0.5, 0.6) is 0 Å². The average Bonchev–Trinajstić information content (AvgIpc) is 3.67. The molecule has 2 aromatic carbocycles. The molecule has 300 valence electrons. The van der Waals surface area contributed by atoms with Gasteiger partial charge in [0.15, 0.2) is 5.85 Å². The molecule has 3 aromatic rings. The van der Waals surface area contributed by atoms with Crippen LogP contribution in [-0.2, 0) is 58.9 Å². The second kappa shape index (κ2) is 21.3. The molecule has 2 fully saturated rings. The molecule has 1 saturated heterocycles. The first-order valence-electron chi connectivity index (χ1n) is 19.0. The standard InChI is InChI=1S/C39H55N6O9P/c1-51-55(50,52-2)38(48)35(23-30-14-8-4-9-15-30)42-37(47)34(24-32-25-40-27-45(32)28-54-26-31-16-10-5-11-17-31)41-36(46)33(22-29-12-6-3-7-13-29)43-39(49)44-18-20-53-21-19-44/h3,5-7,10-13,16-17,25,27,30,33-35,38,48H,4,8-9,14-15,18-24,26,28H2,1-2H3,(H,41,46)(H,42,47)(H,43,49)/t33-,34-,35-,38-/m0/s1. The SMILES string of the molecule is COP(=O)(OC)[C@H](O)[C@H](CC1CCCCC1)NC(=O)[C@H](Cc1cncn1COCc1ccccc1)NC(=O)[C@H](Cc1ccccc1)NC(=O)N1CCOCC1. The van der Waals surface area contributed by atoms with Crippen molar-refractivity contribution >= 4 is 25.4 Å². The molecule has 2 heterocycles. The van der Waals surface area contributed by atoms with Crippen LogP contribution in [0.1, 0.15) is 55.3 Å². The first-order chi connectivity index (χ1) is 26.7. The van der Waals surface area contributed by atoms with E-state index in [1.54, 1.807) is 22.0 Å². The number of nitrogens with zero attached hydrogens (tertiary/aromatic N) is 3. The number of rotatable bonds is 19. The lowest BCUT2D eigenvalue weighted by Gasteiger charge is -2.33. The fourth-order valence-electron chi connectivity index (χ4n) is 7.06. The van der Waals surface area contributed by atoms with Gasteiger partial charge in [-0.2, -0.15) is 0 Å². The van der Waals surface area contributed by atoms with Crippen LogP contribution >= 0.6 is 7.60 Å². The summed E-state index contributed by atoms with van der Waals surface area (Å²) < 4.78 is 36.9. The number of carbonyl (C=O) groups is 3. The van der Waals surface area contributed by atoms with Crippen molar-refractivity contribution in [2.75, 3.05) is 40.5 Å². The maximum Gasteiger partial charge on any atom is 0.360 e. The van der Waals surface area contributed by atoms with Crippen molar-refractivity contribution in [3.05, 3.63) is 90.0 Å². The topological polar surface area (TPSA) is 183 Å². The van der Waals surface area contributed by atoms with Crippen LogP contribution in [0.25, 0.3) is 0 Å². The van der Waals surface area contributed by atoms with Gasteiger partial charge in [-0.25, -0.2) is 9.78 Å². The van der Waals surface area contributed by atoms with Gasteiger partial charge in [0.05, 0.1) is 32.2 Å². The number of ether oxygens (including phenoxy) is 2. The Balaban J connectivity index is 1.40. The Bertz CT molecular complexity index is 1680. The lowest BCUT2D eigenvalue weighted by molar-refractivity contribution is -0.130. The van der Waals surface area contributed by atoms with E-state index >= 15 is 0 Å². The molecule has 1 aliphatic heterocycles. The van der Waals surface area contributed by atoms with Crippen molar-refractivity contribution in [2.45, 2.75) is 88.7 Å². The van der Waals surface area contributed by atoms with E-state index in [1.807, 2.05) is 60.7 Å². The van der Waals surface area contributed by atoms with Crippen LogP contribution in [-0.4, -0.2) is 102 Å². The third-order valence-electron chi connectivity index (χ3n) is 10.2. The fourth-order valence-corrected chi connectivity index (χ4v) is 8.28. The Hall–Kier alpha value is -4.11. The van der Waals surface area contributed by atoms with E-state index in [9.17, 15) is 24.1 Å². The van der Waals surface area contributed by atoms with Crippen LogP contribution in [0.15, 0.2) is 73.2 Å². The number of hydrogen-bond donors (Lipinski definition) is 4. The third-order valence-corrected chi connectivity index (χ3v) is 12.2. The minimum Gasteiger partial charge on any atom is -0.379 e. The first-order valence-corrected chi connectivity index (χ1v) is 20.6. The van der Waals surface area contributed by atoms with E-state index in [0.717, 1.165) is 43.2 Å². The number of aliphatic hydroxyl groups is 1. The van der Waals surface area contributed by atoms with Gasteiger partial charge < -0.3 is 49.0 Å². The number of hydrogen-bond acceptors (Lipinski definition) is 10. The minimum absolute atomic E-state index is 0.0137. The zero-order valence-corrected chi connectivity index (χ0v) is 32.6. The van der Waals surface area contributed by atoms with Crippen LogP contribution < -0.4 is 16.0 Å². The number of benzene rings is 2. The monoisotopic (exact) mass is 782 g/mol. The Kier molecular flexibility index (Phi) is 16.3. The molecular formula is C39H55N6O9P. The number of morpholine rings is 1. The summed E-state index contributed by atoms with van der Waals surface area (Å²) in [5, 5.41) is 20.1. The average molecular weight is 783 g/mol. The van der Waals surface area contributed by atoms with Crippen molar-refractivity contribution in [1.82, 2.24) is 30.4 Å². The summed E-state index contributed by atoms with van der Waals surface area (Å²) in [6.45, 7) is 2.02. The van der Waals surface area contributed by atoms with Crippen LogP contribution in [0.4, 0.5) is 4.79 Å². The molecule has 0 bridgehead atoms. The number of aromatic nitrogens is 2. The highest BCUT2D eigenvalue weighted by molar-refractivity contribution is 7.54. The molecule has 15 nitrogen and oxygen atoms in total. The van der Waals surface area contributed by atoms with E-state index in [1.165, 1.54) is 14.2 Å². The van der Waals surface area contributed by atoms with E-state index in [-0.39, 0.29) is 25.5 Å². The van der Waals surface area contributed by atoms with Gasteiger partial charge in [0.25, 0.3) is 0 Å². The Labute approximate surface area is 323 Å². The van der Waals surface area contributed by atoms with Crippen molar-refractivity contribution in [2.24, 2.45) is 5.92 Å². The number of urea groups is 1. The third kappa shape index (κ3) is 12.4. The fraction of sp³-hybridized carbons (Fsp3) is 0.538. The molecule has 1 saturated carbocycles. The number of imidazole rings is 1. The summed E-state index contributed by atoms with van der Waals surface area (Å²) in [6.07, 6.45) is 8.60. The quantitative estimate of drug-likeness (QED) is 0.130. The molecule has 4 amide bonds. The molecule has 1 aromatic heterocycles. The molecule has 1 aliphatic carbocycles. The van der Waals surface area contributed by atoms with Gasteiger partial charge >= 0.3 is 13.6 Å². The van der Waals surface area contributed by atoms with E-state index in [0.29, 0.717) is 45.0 Å². The second-order valence-electron chi connectivity index (χ2n) is 14.0. The molecule has 0 radical (unpaired) electrons. The van der Waals surface area contributed by atoms with E-state index < -0.39 is 49.4 Å². The van der Waals surface area contributed by atoms with E-state index in [4.69, 9.17) is 18.5 Å². The highest BCUT2D eigenvalue weighted by Gasteiger charge is 2.42. The zero-order valence-electron chi connectivity index (χ0n) is 31.7. The molecule has 4 N–H and O–H groups in total. The number of amides is 4. The number of aliphatic hydroxyl groups excluding tert-OH is 1. The van der Waals surface area contributed by atoms with Crippen LogP contribution in [0.2, 0.25) is 0 Å². The van der Waals surface area contributed by atoms with Gasteiger partial charge in [-0.15, -0.1) is 0 Å². The van der Waals surface area contributed by atoms with Crippen molar-refractivity contribution in [3.63, 3.8) is 0 Å². The lowest BCUT2D eigenvalue weighted by Crippen LogP contribution is -2.59. The Morgan fingerprint density at radius 3 is 2.15 bits per heavy atom. The van der Waals surface area contributed by atoms with Crippen molar-refractivity contribution in [1.29, 1.82) is 0 Å². The smallest absolute Gasteiger partial charge is 0.360 e. The highest BCUT2D eigenvalue weighted by Crippen LogP contribution is 2.52. The summed E-state index contributed by atoms with van der Waals surface area (Å²) in [5.41, 5.74) is 2.39. The van der Waals surface area contributed by atoms with Gasteiger partial charge in [0, 0.05) is 52.0 Å². The molecule has 5 rings (SSSR count). The molecule has 4 atom stereocenters. The second-order valence-corrected chi connectivity index (χ2v) is 16.4. The van der Waals surface area contributed by atoms with Gasteiger partial charge in [0.1, 0.15) is 18.8 Å². The van der Waals surface area contributed by atoms with Gasteiger partial charge in [-0.3, -0.25) is 14.2 Å². The summed E-state index contributed by atoms with van der Waals surface area (Å²) in [7, 11) is -1.66. The molecule has 55 heavy (non-hydrogen) atoms.